The molecule has 114 valence electrons. The predicted octanol–water partition coefficient (Wildman–Crippen LogP) is 1.80. The van der Waals surface area contributed by atoms with Crippen LogP contribution in [0.3, 0.4) is 0 Å². The molecule has 1 aromatic rings. The fraction of sp³-hybridized carbons (Fsp3) is 0.625. The van der Waals surface area contributed by atoms with Crippen LogP contribution in [0.4, 0.5) is 0 Å². The lowest BCUT2D eigenvalue weighted by Crippen LogP contribution is -2.51. The fourth-order valence-corrected chi connectivity index (χ4v) is 3.61. The normalized spacial score (nSPS) is 22.7. The quantitative estimate of drug-likeness (QED) is 0.860. The summed E-state index contributed by atoms with van der Waals surface area (Å²) in [6.07, 6.45) is 9.62. The Labute approximate surface area is 126 Å². The number of hydrogen-bond donors (Lipinski definition) is 1. The molecule has 21 heavy (non-hydrogen) atoms. The molecule has 5 heteroatoms. The van der Waals surface area contributed by atoms with Crippen LogP contribution in [0, 0.1) is 5.41 Å². The molecule has 1 N–H and O–H groups in total. The molecule has 1 aromatic heterocycles. The maximum Gasteiger partial charge on any atom is 0.222 e. The van der Waals surface area contributed by atoms with Gasteiger partial charge in [-0.2, -0.15) is 0 Å². The molecule has 0 radical (unpaired) electrons. The second-order valence-electron chi connectivity index (χ2n) is 6.37. The van der Waals surface area contributed by atoms with Crippen LogP contribution in [0.25, 0.3) is 0 Å². The van der Waals surface area contributed by atoms with Crippen LogP contribution in [0.2, 0.25) is 0 Å². The zero-order chi connectivity index (χ0) is 14.7. The number of H-pyrrole nitrogens is 1. The number of carbonyl (C=O) groups excluding carboxylic acids is 1. The van der Waals surface area contributed by atoms with E-state index in [-0.39, 0.29) is 0 Å². The first kappa shape index (κ1) is 14.3. The molecule has 0 unspecified atom stereocenters. The van der Waals surface area contributed by atoms with Crippen molar-refractivity contribution in [2.75, 3.05) is 26.2 Å². The Kier molecular flexibility index (Phi) is 4.10. The lowest BCUT2D eigenvalue weighted by Gasteiger charge is -2.47. The summed E-state index contributed by atoms with van der Waals surface area (Å²) in [4.78, 5) is 23.9. The number of imidazole rings is 1. The van der Waals surface area contributed by atoms with Crippen molar-refractivity contribution in [3.05, 3.63) is 30.9 Å². The average molecular weight is 288 g/mol. The molecule has 3 rings (SSSR count). The highest BCUT2D eigenvalue weighted by Crippen LogP contribution is 2.40. The van der Waals surface area contributed by atoms with Crippen molar-refractivity contribution in [2.24, 2.45) is 5.41 Å². The van der Waals surface area contributed by atoms with E-state index in [0.717, 1.165) is 38.4 Å². The predicted molar refractivity (Wildman–Crippen MR) is 81.5 cm³/mol. The monoisotopic (exact) mass is 288 g/mol. The highest BCUT2D eigenvalue weighted by atomic mass is 16.2. The van der Waals surface area contributed by atoms with Crippen molar-refractivity contribution in [3.63, 3.8) is 0 Å². The minimum absolute atomic E-state index is 0.290. The third-order valence-electron chi connectivity index (χ3n) is 4.94. The van der Waals surface area contributed by atoms with Crippen LogP contribution >= 0.6 is 0 Å². The number of carbonyl (C=O) groups is 1. The summed E-state index contributed by atoms with van der Waals surface area (Å²) in [7, 11) is 0. The van der Waals surface area contributed by atoms with Gasteiger partial charge in [0.15, 0.2) is 0 Å². The van der Waals surface area contributed by atoms with E-state index in [9.17, 15) is 4.79 Å². The number of rotatable bonds is 4. The molecule has 5 nitrogen and oxygen atoms in total. The summed E-state index contributed by atoms with van der Waals surface area (Å²) in [5, 5.41) is 0. The van der Waals surface area contributed by atoms with Gasteiger partial charge in [0.2, 0.25) is 5.91 Å². The molecular formula is C16H24N4O. The molecule has 0 saturated carbocycles. The van der Waals surface area contributed by atoms with Gasteiger partial charge in [-0.25, -0.2) is 4.98 Å². The first-order valence-corrected chi connectivity index (χ1v) is 7.80. The van der Waals surface area contributed by atoms with E-state index in [1.54, 1.807) is 6.20 Å². The Balaban J connectivity index is 1.56. The van der Waals surface area contributed by atoms with Crippen molar-refractivity contribution in [1.82, 2.24) is 19.8 Å². The SMILES string of the molecule is C=CCN1CC2(CCC1=O)CCN(Cc1ncc[nH]1)CC2. The van der Waals surface area contributed by atoms with E-state index < -0.39 is 0 Å². The fourth-order valence-electron chi connectivity index (χ4n) is 3.61. The molecule has 1 amide bonds. The van der Waals surface area contributed by atoms with Crippen molar-refractivity contribution >= 4 is 5.91 Å². The number of aromatic nitrogens is 2. The van der Waals surface area contributed by atoms with Crippen LogP contribution in [0.1, 0.15) is 31.5 Å². The minimum Gasteiger partial charge on any atom is -0.348 e. The zero-order valence-electron chi connectivity index (χ0n) is 12.6. The van der Waals surface area contributed by atoms with Gasteiger partial charge in [-0.15, -0.1) is 6.58 Å². The Morgan fingerprint density at radius 2 is 2.19 bits per heavy atom. The second kappa shape index (κ2) is 6.02. The third-order valence-corrected chi connectivity index (χ3v) is 4.94. The first-order chi connectivity index (χ1) is 10.2. The molecule has 2 saturated heterocycles. The first-order valence-electron chi connectivity index (χ1n) is 7.80. The Morgan fingerprint density at radius 1 is 1.38 bits per heavy atom. The Bertz CT molecular complexity index is 488. The number of nitrogens with zero attached hydrogens (tertiary/aromatic N) is 3. The van der Waals surface area contributed by atoms with Crippen LogP contribution in [-0.4, -0.2) is 51.9 Å². The van der Waals surface area contributed by atoms with Crippen LogP contribution in [0.5, 0.6) is 0 Å². The Morgan fingerprint density at radius 3 is 2.86 bits per heavy atom. The summed E-state index contributed by atoms with van der Waals surface area (Å²) in [5.74, 6) is 1.33. The minimum atomic E-state index is 0.290. The molecule has 0 atom stereocenters. The van der Waals surface area contributed by atoms with Crippen LogP contribution in [-0.2, 0) is 11.3 Å². The van der Waals surface area contributed by atoms with E-state index in [4.69, 9.17) is 0 Å². The molecular weight excluding hydrogens is 264 g/mol. The number of piperidine rings is 2. The maximum atomic E-state index is 11.9. The number of likely N-dealkylation sites (tertiary alicyclic amines) is 2. The highest BCUT2D eigenvalue weighted by Gasteiger charge is 2.40. The molecule has 0 bridgehead atoms. The standard InChI is InChI=1S/C16H24N4O/c1-2-9-20-13-16(4-3-15(20)21)5-10-19(11-6-16)12-14-17-7-8-18-14/h2,7-8H,1,3-6,9-13H2,(H,17,18). The van der Waals surface area contributed by atoms with Gasteiger partial charge in [0.25, 0.3) is 0 Å². The summed E-state index contributed by atoms with van der Waals surface area (Å²) in [6, 6.07) is 0. The van der Waals surface area contributed by atoms with E-state index in [1.165, 1.54) is 12.8 Å². The van der Waals surface area contributed by atoms with Gasteiger partial charge < -0.3 is 9.88 Å². The summed E-state index contributed by atoms with van der Waals surface area (Å²) in [5.41, 5.74) is 0.330. The molecule has 0 aliphatic carbocycles. The molecule has 2 aliphatic heterocycles. The number of aromatic amines is 1. The van der Waals surface area contributed by atoms with E-state index in [2.05, 4.69) is 21.4 Å². The molecule has 2 fully saturated rings. The van der Waals surface area contributed by atoms with E-state index in [0.29, 0.717) is 24.3 Å². The van der Waals surface area contributed by atoms with Gasteiger partial charge in [0.05, 0.1) is 6.54 Å². The second-order valence-corrected chi connectivity index (χ2v) is 6.37. The van der Waals surface area contributed by atoms with Gasteiger partial charge in [0, 0.05) is 31.9 Å². The van der Waals surface area contributed by atoms with Gasteiger partial charge in [-0.3, -0.25) is 9.69 Å². The summed E-state index contributed by atoms with van der Waals surface area (Å²) >= 11 is 0. The molecule has 2 aliphatic rings. The summed E-state index contributed by atoms with van der Waals surface area (Å²) < 4.78 is 0. The van der Waals surface area contributed by atoms with E-state index in [1.807, 2.05) is 17.2 Å². The maximum absolute atomic E-state index is 11.9. The van der Waals surface area contributed by atoms with Gasteiger partial charge in [-0.1, -0.05) is 6.08 Å². The van der Waals surface area contributed by atoms with Gasteiger partial charge >= 0.3 is 0 Å². The number of nitrogens with one attached hydrogen (secondary N) is 1. The Hall–Kier alpha value is -1.62. The lowest BCUT2D eigenvalue weighted by molar-refractivity contribution is -0.138. The number of hydrogen-bond acceptors (Lipinski definition) is 3. The smallest absolute Gasteiger partial charge is 0.222 e. The third kappa shape index (κ3) is 3.18. The zero-order valence-corrected chi connectivity index (χ0v) is 12.6. The van der Waals surface area contributed by atoms with Crippen molar-refractivity contribution in [3.8, 4) is 0 Å². The molecule has 1 spiro atoms. The van der Waals surface area contributed by atoms with Crippen LogP contribution < -0.4 is 0 Å². The largest absolute Gasteiger partial charge is 0.348 e. The van der Waals surface area contributed by atoms with Crippen LogP contribution in [0.15, 0.2) is 25.0 Å². The lowest BCUT2D eigenvalue weighted by atomic mass is 9.72. The topological polar surface area (TPSA) is 52.2 Å². The van der Waals surface area contributed by atoms with Crippen molar-refractivity contribution in [2.45, 2.75) is 32.2 Å². The molecule has 3 heterocycles. The summed E-state index contributed by atoms with van der Waals surface area (Å²) in [6.45, 7) is 8.45. The van der Waals surface area contributed by atoms with Crippen molar-refractivity contribution in [1.29, 1.82) is 0 Å². The van der Waals surface area contributed by atoms with Gasteiger partial charge in [0.1, 0.15) is 5.82 Å². The van der Waals surface area contributed by atoms with E-state index >= 15 is 0 Å². The average Bonchev–Trinajstić information content (AvgIpc) is 2.99. The molecule has 0 aromatic carbocycles. The number of amides is 1. The highest BCUT2D eigenvalue weighted by molar-refractivity contribution is 5.77. The van der Waals surface area contributed by atoms with Crippen molar-refractivity contribution < 1.29 is 4.79 Å². The van der Waals surface area contributed by atoms with Gasteiger partial charge in [-0.05, 0) is 37.8 Å².